The number of carbonyl (C=O) groups is 1. The molecule has 1 amide bonds. The van der Waals surface area contributed by atoms with Crippen LogP contribution >= 0.6 is 11.6 Å². The number of halogens is 1. The van der Waals surface area contributed by atoms with Gasteiger partial charge in [-0.2, -0.15) is 0 Å². The summed E-state index contributed by atoms with van der Waals surface area (Å²) in [6.07, 6.45) is 5.47. The molecule has 0 aliphatic carbocycles. The largest absolute Gasteiger partial charge is 0.336 e. The van der Waals surface area contributed by atoms with Crippen LogP contribution in [0.5, 0.6) is 0 Å². The van der Waals surface area contributed by atoms with Crippen LogP contribution in [0.2, 0.25) is 5.02 Å². The minimum Gasteiger partial charge on any atom is -0.336 e. The van der Waals surface area contributed by atoms with E-state index < -0.39 is 0 Å². The van der Waals surface area contributed by atoms with Gasteiger partial charge in [-0.05, 0) is 25.0 Å². The van der Waals surface area contributed by atoms with Gasteiger partial charge in [0, 0.05) is 19.3 Å². The molecule has 104 valence electrons. The number of rotatable bonds is 2. The van der Waals surface area contributed by atoms with Crippen LogP contribution in [0.3, 0.4) is 0 Å². The van der Waals surface area contributed by atoms with E-state index in [0.29, 0.717) is 17.1 Å². The van der Waals surface area contributed by atoms with Crippen molar-refractivity contribution in [3.05, 3.63) is 47.2 Å². The molecule has 5 nitrogen and oxygen atoms in total. The number of hydrogen-bond donors (Lipinski definition) is 0. The van der Waals surface area contributed by atoms with Crippen molar-refractivity contribution in [2.75, 3.05) is 13.1 Å². The van der Waals surface area contributed by atoms with Gasteiger partial charge in [0.2, 0.25) is 0 Å². The van der Waals surface area contributed by atoms with E-state index in [0.717, 1.165) is 19.4 Å². The van der Waals surface area contributed by atoms with Crippen molar-refractivity contribution >= 4 is 17.5 Å². The van der Waals surface area contributed by atoms with E-state index in [1.54, 1.807) is 18.3 Å². The first-order valence-electron chi connectivity index (χ1n) is 6.65. The van der Waals surface area contributed by atoms with Gasteiger partial charge >= 0.3 is 0 Å². The lowest BCUT2D eigenvalue weighted by Gasteiger charge is -2.32. The van der Waals surface area contributed by atoms with Gasteiger partial charge in [-0.15, -0.1) is 5.10 Å². The van der Waals surface area contributed by atoms with Gasteiger partial charge in [0.15, 0.2) is 0 Å². The maximum absolute atomic E-state index is 12.5. The fourth-order valence-electron chi connectivity index (χ4n) is 2.57. The van der Waals surface area contributed by atoms with Crippen LogP contribution in [-0.4, -0.2) is 38.9 Å². The topological polar surface area (TPSA) is 51.0 Å². The molecule has 1 aromatic carbocycles. The van der Waals surface area contributed by atoms with E-state index in [4.69, 9.17) is 11.6 Å². The van der Waals surface area contributed by atoms with Crippen molar-refractivity contribution in [3.63, 3.8) is 0 Å². The zero-order chi connectivity index (χ0) is 13.9. The molecule has 1 fully saturated rings. The van der Waals surface area contributed by atoms with Crippen molar-refractivity contribution in [3.8, 4) is 0 Å². The SMILES string of the molecule is O=C(c1ccccc1Cl)N1CCCC(n2ccnn2)C1. The Bertz CT molecular complexity index is 599. The number of piperidine rings is 1. The van der Waals surface area contributed by atoms with E-state index in [-0.39, 0.29) is 11.9 Å². The molecule has 20 heavy (non-hydrogen) atoms. The second-order valence-corrected chi connectivity index (χ2v) is 5.32. The van der Waals surface area contributed by atoms with Gasteiger partial charge in [-0.1, -0.05) is 28.9 Å². The Labute approximate surface area is 122 Å². The molecule has 3 rings (SSSR count). The average Bonchev–Trinajstić information content (AvgIpc) is 3.01. The maximum atomic E-state index is 12.5. The summed E-state index contributed by atoms with van der Waals surface area (Å²) in [5.41, 5.74) is 0.563. The van der Waals surface area contributed by atoms with Gasteiger partial charge in [0.05, 0.1) is 22.8 Å². The van der Waals surface area contributed by atoms with Gasteiger partial charge in [-0.3, -0.25) is 4.79 Å². The molecule has 0 N–H and O–H groups in total. The number of benzene rings is 1. The summed E-state index contributed by atoms with van der Waals surface area (Å²) in [7, 11) is 0. The maximum Gasteiger partial charge on any atom is 0.255 e. The first-order chi connectivity index (χ1) is 9.75. The minimum atomic E-state index is -0.0135. The number of amides is 1. The third-order valence-electron chi connectivity index (χ3n) is 3.60. The van der Waals surface area contributed by atoms with Crippen LogP contribution in [0.15, 0.2) is 36.7 Å². The van der Waals surface area contributed by atoms with E-state index in [2.05, 4.69) is 10.3 Å². The predicted molar refractivity (Wildman–Crippen MR) is 75.6 cm³/mol. The van der Waals surface area contributed by atoms with Crippen molar-refractivity contribution < 1.29 is 4.79 Å². The second-order valence-electron chi connectivity index (χ2n) is 4.91. The average molecular weight is 291 g/mol. The highest BCUT2D eigenvalue weighted by Gasteiger charge is 2.26. The highest BCUT2D eigenvalue weighted by atomic mass is 35.5. The van der Waals surface area contributed by atoms with Gasteiger partial charge in [-0.25, -0.2) is 4.68 Å². The fourth-order valence-corrected chi connectivity index (χ4v) is 2.79. The molecule has 0 saturated carbocycles. The minimum absolute atomic E-state index is 0.0135. The van der Waals surface area contributed by atoms with Crippen molar-refractivity contribution in [1.82, 2.24) is 19.9 Å². The summed E-state index contributed by atoms with van der Waals surface area (Å²) < 4.78 is 1.83. The first-order valence-corrected chi connectivity index (χ1v) is 7.03. The van der Waals surface area contributed by atoms with Crippen LogP contribution in [0.1, 0.15) is 29.2 Å². The summed E-state index contributed by atoms with van der Waals surface area (Å²) in [4.78, 5) is 14.4. The number of carbonyl (C=O) groups excluding carboxylic acids is 1. The van der Waals surface area contributed by atoms with Crippen LogP contribution in [0, 0.1) is 0 Å². The molecule has 1 saturated heterocycles. The third-order valence-corrected chi connectivity index (χ3v) is 3.93. The third kappa shape index (κ3) is 2.54. The molecule has 1 unspecified atom stereocenters. The number of hydrogen-bond acceptors (Lipinski definition) is 3. The standard InChI is InChI=1S/C14H15ClN4O/c15-13-6-2-1-5-12(13)14(20)18-8-3-4-11(10-18)19-9-7-16-17-19/h1-2,5-7,9,11H,3-4,8,10H2. The highest BCUT2D eigenvalue weighted by Crippen LogP contribution is 2.24. The molecule has 2 heterocycles. The summed E-state index contributed by atoms with van der Waals surface area (Å²) in [6, 6.07) is 7.36. The fraction of sp³-hybridized carbons (Fsp3) is 0.357. The zero-order valence-electron chi connectivity index (χ0n) is 10.9. The Morgan fingerprint density at radius 3 is 2.95 bits per heavy atom. The molecule has 0 radical (unpaired) electrons. The van der Waals surface area contributed by atoms with Gasteiger partial charge in [0.25, 0.3) is 5.91 Å². The molecule has 1 atom stereocenters. The quantitative estimate of drug-likeness (QED) is 0.853. The molecule has 0 bridgehead atoms. The Hall–Kier alpha value is -1.88. The Kier molecular flexibility index (Phi) is 3.69. The smallest absolute Gasteiger partial charge is 0.255 e. The number of likely N-dealkylation sites (tertiary alicyclic amines) is 1. The van der Waals surface area contributed by atoms with Crippen LogP contribution in [0.25, 0.3) is 0 Å². The van der Waals surface area contributed by atoms with Crippen LogP contribution < -0.4 is 0 Å². The normalized spacial score (nSPS) is 19.1. The number of aromatic nitrogens is 3. The summed E-state index contributed by atoms with van der Waals surface area (Å²) >= 11 is 6.10. The monoisotopic (exact) mass is 290 g/mol. The summed E-state index contributed by atoms with van der Waals surface area (Å²) in [5.74, 6) is -0.0135. The van der Waals surface area contributed by atoms with E-state index >= 15 is 0 Å². The van der Waals surface area contributed by atoms with E-state index in [1.807, 2.05) is 27.9 Å². The van der Waals surface area contributed by atoms with Crippen molar-refractivity contribution in [2.24, 2.45) is 0 Å². The Morgan fingerprint density at radius 1 is 1.35 bits per heavy atom. The molecule has 1 aliphatic heterocycles. The predicted octanol–water partition coefficient (Wildman–Crippen LogP) is 2.41. The Morgan fingerprint density at radius 2 is 2.20 bits per heavy atom. The molecule has 1 aliphatic rings. The van der Waals surface area contributed by atoms with Gasteiger partial charge in [0.1, 0.15) is 0 Å². The molecule has 6 heteroatoms. The first kappa shape index (κ1) is 13.1. The molecule has 0 spiro atoms. The highest BCUT2D eigenvalue weighted by molar-refractivity contribution is 6.33. The Balaban J connectivity index is 1.77. The lowest BCUT2D eigenvalue weighted by Crippen LogP contribution is -2.41. The van der Waals surface area contributed by atoms with E-state index in [9.17, 15) is 4.79 Å². The van der Waals surface area contributed by atoms with Crippen LogP contribution in [0.4, 0.5) is 0 Å². The molecule has 1 aromatic heterocycles. The lowest BCUT2D eigenvalue weighted by molar-refractivity contribution is 0.0672. The van der Waals surface area contributed by atoms with Crippen molar-refractivity contribution in [2.45, 2.75) is 18.9 Å². The van der Waals surface area contributed by atoms with Crippen molar-refractivity contribution in [1.29, 1.82) is 0 Å². The van der Waals surface area contributed by atoms with Gasteiger partial charge < -0.3 is 4.90 Å². The molecule has 2 aromatic rings. The van der Waals surface area contributed by atoms with Crippen LogP contribution in [-0.2, 0) is 0 Å². The summed E-state index contributed by atoms with van der Waals surface area (Å²) in [5, 5.41) is 8.35. The lowest BCUT2D eigenvalue weighted by atomic mass is 10.0. The number of nitrogens with zero attached hydrogens (tertiary/aromatic N) is 4. The summed E-state index contributed by atoms with van der Waals surface area (Å²) in [6.45, 7) is 1.41. The zero-order valence-corrected chi connectivity index (χ0v) is 11.7. The second kappa shape index (κ2) is 5.63. The molecular formula is C14H15ClN4O. The molecular weight excluding hydrogens is 276 g/mol. The van der Waals surface area contributed by atoms with E-state index in [1.165, 1.54) is 0 Å².